The summed E-state index contributed by atoms with van der Waals surface area (Å²) in [6.07, 6.45) is -0.106. The number of carbonyl (C=O) groups excluding carboxylic acids is 2. The summed E-state index contributed by atoms with van der Waals surface area (Å²) in [6, 6.07) is 18.6. The molecule has 3 atom stereocenters. The van der Waals surface area contributed by atoms with E-state index in [0.29, 0.717) is 60.6 Å². The molecular weight excluding hydrogens is 751 g/mol. The van der Waals surface area contributed by atoms with Gasteiger partial charge in [-0.1, -0.05) is 61.3 Å². The van der Waals surface area contributed by atoms with E-state index < -0.39 is 27.8 Å². The quantitative estimate of drug-likeness (QED) is 0.199. The number of amides is 2. The second-order valence-electron chi connectivity index (χ2n) is 14.3. The summed E-state index contributed by atoms with van der Waals surface area (Å²) >= 11 is 12.6. The minimum Gasteiger partial charge on any atom is -0.493 e. The second-order valence-corrected chi connectivity index (χ2v) is 17.2. The van der Waals surface area contributed by atoms with Gasteiger partial charge in [-0.05, 0) is 73.4 Å². The highest BCUT2D eigenvalue weighted by molar-refractivity contribution is 7.89. The molecule has 2 fully saturated rings. The topological polar surface area (TPSA) is 133 Å². The Morgan fingerprint density at radius 1 is 0.926 bits per heavy atom. The third-order valence-corrected chi connectivity index (χ3v) is 12.2. The Hall–Kier alpha value is -3.27. The molecule has 3 aromatic rings. The van der Waals surface area contributed by atoms with Crippen LogP contribution in [0.2, 0.25) is 10.0 Å². The zero-order chi connectivity index (χ0) is 39.2. The molecule has 3 aromatic carbocycles. The fraction of sp³-hybridized carbons (Fsp3) is 0.487. The molecule has 15 heteroatoms. The van der Waals surface area contributed by atoms with E-state index in [0.717, 1.165) is 11.1 Å². The maximum atomic E-state index is 15.4. The average Bonchev–Trinajstić information content (AvgIpc) is 3.56. The van der Waals surface area contributed by atoms with Crippen molar-refractivity contribution in [2.75, 3.05) is 66.6 Å². The largest absolute Gasteiger partial charge is 0.493 e. The molecule has 2 saturated heterocycles. The van der Waals surface area contributed by atoms with Gasteiger partial charge in [0.1, 0.15) is 5.75 Å². The van der Waals surface area contributed by atoms with Crippen LogP contribution in [-0.2, 0) is 30.0 Å². The maximum Gasteiger partial charge on any atom is 0.262 e. The first-order valence-electron chi connectivity index (χ1n) is 18.3. The van der Waals surface area contributed by atoms with E-state index in [1.165, 1.54) is 10.4 Å². The van der Waals surface area contributed by atoms with Crippen LogP contribution in [0.25, 0.3) is 0 Å². The first-order valence-corrected chi connectivity index (χ1v) is 20.5. The number of sulfonamides is 1. The van der Waals surface area contributed by atoms with E-state index >= 15 is 4.79 Å². The van der Waals surface area contributed by atoms with E-state index in [-0.39, 0.29) is 41.9 Å². The molecule has 2 aliphatic heterocycles. The van der Waals surface area contributed by atoms with Crippen LogP contribution in [0.15, 0.2) is 71.6 Å². The van der Waals surface area contributed by atoms with Crippen molar-refractivity contribution >= 4 is 45.0 Å². The summed E-state index contributed by atoms with van der Waals surface area (Å²) in [5.74, 6) is 0.0372. The zero-order valence-corrected chi connectivity index (χ0v) is 34.1. The van der Waals surface area contributed by atoms with Crippen molar-refractivity contribution in [3.05, 3.63) is 93.5 Å². The molecule has 0 aliphatic carbocycles. The van der Waals surface area contributed by atoms with Gasteiger partial charge in [0, 0.05) is 69.0 Å². The Bertz CT molecular complexity index is 1800. The number of piperazine rings is 1. The highest BCUT2D eigenvalue weighted by Gasteiger charge is 2.55. The van der Waals surface area contributed by atoms with Crippen LogP contribution in [0.5, 0.6) is 5.75 Å². The molecule has 3 N–H and O–H groups in total. The number of benzene rings is 3. The van der Waals surface area contributed by atoms with E-state index in [4.69, 9.17) is 32.7 Å². The Morgan fingerprint density at radius 3 is 1.98 bits per heavy atom. The van der Waals surface area contributed by atoms with Crippen molar-refractivity contribution in [3.8, 4) is 5.75 Å². The summed E-state index contributed by atoms with van der Waals surface area (Å²) in [6.45, 7) is 10.4. The lowest BCUT2D eigenvalue weighted by atomic mass is 9.95. The molecule has 54 heavy (non-hydrogen) atoms. The van der Waals surface area contributed by atoms with E-state index in [1.54, 1.807) is 55.5 Å². The molecular formula is C39H52Cl2N6O6S. The normalized spacial score (nSPS) is 21.4. The minimum atomic E-state index is -3.95. The number of hydrogen-bond acceptors (Lipinski definition) is 9. The standard InChI is InChI=1S/C39H52Cl2N6O6S/c1-7-53-34-17-16-32(54(50,51)45(5)24-26(2)3)22-33(34)39(38(49)47-20-18-46(19-21-47)25-35(48)42-23-27(4)52-6)43-36(28-8-12-30(40)13-9-28)37(44-39)29-10-14-31(41)15-11-29/h8-17,22,26-27,36-37,43-44H,7,18-21,23-25H2,1-6H3,(H,42,48). The number of halogens is 2. The van der Waals surface area contributed by atoms with Gasteiger partial charge in [-0.3, -0.25) is 25.1 Å². The molecule has 3 unspecified atom stereocenters. The summed E-state index contributed by atoms with van der Waals surface area (Å²) in [7, 11) is -0.794. The van der Waals surface area contributed by atoms with Crippen LogP contribution in [-0.4, -0.2) is 107 Å². The molecule has 0 spiro atoms. The first kappa shape index (κ1) is 41.9. The molecule has 5 rings (SSSR count). The Kier molecular flexibility index (Phi) is 14.1. The fourth-order valence-electron chi connectivity index (χ4n) is 6.94. The number of ether oxygens (including phenoxy) is 2. The highest BCUT2D eigenvalue weighted by Crippen LogP contribution is 2.45. The van der Waals surface area contributed by atoms with E-state index in [2.05, 4.69) is 16.0 Å². The molecule has 2 amide bonds. The molecule has 0 bridgehead atoms. The fourth-order valence-corrected chi connectivity index (χ4v) is 8.56. The van der Waals surface area contributed by atoms with Crippen LogP contribution in [0, 0.1) is 5.92 Å². The lowest BCUT2D eigenvalue weighted by Gasteiger charge is -2.40. The van der Waals surface area contributed by atoms with Crippen molar-refractivity contribution in [2.24, 2.45) is 5.92 Å². The lowest BCUT2D eigenvalue weighted by Crippen LogP contribution is -2.62. The van der Waals surface area contributed by atoms with Crippen molar-refractivity contribution < 1.29 is 27.5 Å². The summed E-state index contributed by atoms with van der Waals surface area (Å²) < 4.78 is 40.8. The predicted molar refractivity (Wildman–Crippen MR) is 211 cm³/mol. The van der Waals surface area contributed by atoms with Crippen LogP contribution in [0.3, 0.4) is 0 Å². The summed E-state index contributed by atoms with van der Waals surface area (Å²) in [5.41, 5.74) is 0.409. The first-order chi connectivity index (χ1) is 25.7. The van der Waals surface area contributed by atoms with Gasteiger partial charge < -0.3 is 19.7 Å². The smallest absolute Gasteiger partial charge is 0.262 e. The number of nitrogens with one attached hydrogen (secondary N) is 3. The Labute approximate surface area is 329 Å². The Balaban J connectivity index is 1.59. The van der Waals surface area contributed by atoms with E-state index in [9.17, 15) is 13.2 Å². The average molecular weight is 804 g/mol. The van der Waals surface area contributed by atoms with Crippen LogP contribution < -0.4 is 20.7 Å². The molecule has 12 nitrogen and oxygen atoms in total. The number of methoxy groups -OCH3 is 1. The van der Waals surface area contributed by atoms with Crippen molar-refractivity contribution in [1.82, 2.24) is 30.1 Å². The van der Waals surface area contributed by atoms with Gasteiger partial charge in [0.2, 0.25) is 15.9 Å². The van der Waals surface area contributed by atoms with Gasteiger partial charge in [0.25, 0.3) is 5.91 Å². The van der Waals surface area contributed by atoms with Gasteiger partial charge in [0.05, 0.1) is 36.2 Å². The monoisotopic (exact) mass is 802 g/mol. The van der Waals surface area contributed by atoms with Crippen molar-refractivity contribution in [1.29, 1.82) is 0 Å². The van der Waals surface area contributed by atoms with Crippen molar-refractivity contribution in [2.45, 2.75) is 56.4 Å². The van der Waals surface area contributed by atoms with Gasteiger partial charge >= 0.3 is 0 Å². The second kappa shape index (κ2) is 18.1. The molecule has 0 radical (unpaired) electrons. The van der Waals surface area contributed by atoms with Crippen molar-refractivity contribution in [3.63, 3.8) is 0 Å². The third kappa shape index (κ3) is 9.57. The number of rotatable bonds is 15. The SMILES string of the molecule is CCOc1ccc(S(=O)(=O)N(C)CC(C)C)cc1C1(C(=O)N2CCN(CC(=O)NCC(C)OC)CC2)NC(c2ccc(Cl)cc2)C(c2ccc(Cl)cc2)N1. The zero-order valence-electron chi connectivity index (χ0n) is 31.8. The maximum absolute atomic E-state index is 15.4. The number of carbonyl (C=O) groups is 2. The third-order valence-electron chi connectivity index (χ3n) is 9.86. The number of hydrogen-bond donors (Lipinski definition) is 3. The molecule has 0 saturated carbocycles. The van der Waals surface area contributed by atoms with E-state index in [1.807, 2.05) is 56.9 Å². The van der Waals surface area contributed by atoms with Gasteiger partial charge in [-0.2, -0.15) is 0 Å². The minimum absolute atomic E-state index is 0.0384. The lowest BCUT2D eigenvalue weighted by molar-refractivity contribution is -0.141. The van der Waals surface area contributed by atoms with Crippen LogP contribution >= 0.6 is 23.2 Å². The van der Waals surface area contributed by atoms with Gasteiger partial charge in [-0.15, -0.1) is 0 Å². The Morgan fingerprint density at radius 2 is 1.48 bits per heavy atom. The van der Waals surface area contributed by atoms with Crippen LogP contribution in [0.1, 0.15) is 56.5 Å². The number of nitrogens with zero attached hydrogens (tertiary/aromatic N) is 3. The molecule has 0 aromatic heterocycles. The predicted octanol–water partition coefficient (Wildman–Crippen LogP) is 4.79. The molecule has 2 aliphatic rings. The highest BCUT2D eigenvalue weighted by atomic mass is 35.5. The molecule has 2 heterocycles. The molecule has 294 valence electrons. The van der Waals surface area contributed by atoms with Crippen LogP contribution in [0.4, 0.5) is 0 Å². The van der Waals surface area contributed by atoms with Gasteiger partial charge in [0.15, 0.2) is 5.66 Å². The van der Waals surface area contributed by atoms with Gasteiger partial charge in [-0.25, -0.2) is 12.7 Å². The summed E-state index contributed by atoms with van der Waals surface area (Å²) in [5, 5.41) is 11.4. The summed E-state index contributed by atoms with van der Waals surface area (Å²) in [4.78, 5) is 31.9.